The molecule has 5 aliphatic rings. The van der Waals surface area contributed by atoms with E-state index in [4.69, 9.17) is 0 Å². The number of hydrogen-bond acceptors (Lipinski definition) is 2. The van der Waals surface area contributed by atoms with Gasteiger partial charge >= 0.3 is 0 Å². The molecule has 4 saturated carbocycles. The van der Waals surface area contributed by atoms with Gasteiger partial charge in [0.1, 0.15) is 0 Å². The van der Waals surface area contributed by atoms with Gasteiger partial charge in [0.05, 0.1) is 5.60 Å². The van der Waals surface area contributed by atoms with Crippen molar-refractivity contribution in [1.29, 1.82) is 0 Å². The van der Waals surface area contributed by atoms with Crippen molar-refractivity contribution in [3.05, 3.63) is 0 Å². The van der Waals surface area contributed by atoms with E-state index in [-0.39, 0.29) is 5.41 Å². The Morgan fingerprint density at radius 2 is 1.62 bits per heavy atom. The van der Waals surface area contributed by atoms with Crippen molar-refractivity contribution < 1.29 is 5.11 Å². The Labute approximate surface area is 152 Å². The standard InChI is InChI=1S/C22H36OS/c1-14-11-19(2)15(12-22(14)13-24-22)5-6-16-17(19)7-9-20(3)18(16)8-10-21(20,4)23/h14-18,23H,5-13H2,1-4H3/t14-,15+,16-,17+,18+,19+,20+,21+,22+/m1/s1. The number of rotatable bonds is 0. The van der Waals surface area contributed by atoms with Gasteiger partial charge < -0.3 is 5.11 Å². The van der Waals surface area contributed by atoms with Crippen molar-refractivity contribution in [2.45, 2.75) is 89.4 Å². The Hall–Kier alpha value is 0.310. The van der Waals surface area contributed by atoms with Crippen LogP contribution in [-0.2, 0) is 0 Å². The summed E-state index contributed by atoms with van der Waals surface area (Å²) in [6.45, 7) is 9.80. The lowest BCUT2D eigenvalue weighted by molar-refractivity contribution is -0.151. The molecular weight excluding hydrogens is 312 g/mol. The number of thioether (sulfide) groups is 1. The third-order valence-corrected chi connectivity index (χ3v) is 12.0. The van der Waals surface area contributed by atoms with Crippen LogP contribution in [-0.4, -0.2) is 21.2 Å². The van der Waals surface area contributed by atoms with Crippen LogP contribution >= 0.6 is 11.8 Å². The van der Waals surface area contributed by atoms with Gasteiger partial charge in [-0.25, -0.2) is 0 Å². The number of fused-ring (bicyclic) bond motifs is 5. The molecule has 1 spiro atoms. The fraction of sp³-hybridized carbons (Fsp3) is 1.00. The number of aliphatic hydroxyl groups is 1. The SMILES string of the molecule is C[C@@H]1C[C@@]2(C)[C@@H](CC[C@@H]3[C@@H]2CC[C@@]2(C)[C@H]3CC[C@]2(C)O)C[C@]12CS2. The molecule has 1 nitrogen and oxygen atoms in total. The fourth-order valence-electron chi connectivity index (χ4n) is 8.39. The molecule has 5 fully saturated rings. The average molecular weight is 349 g/mol. The van der Waals surface area contributed by atoms with Crippen molar-refractivity contribution in [2.75, 3.05) is 5.75 Å². The Morgan fingerprint density at radius 3 is 2.33 bits per heavy atom. The van der Waals surface area contributed by atoms with E-state index in [9.17, 15) is 5.11 Å². The maximum absolute atomic E-state index is 11.1. The molecule has 0 amide bonds. The summed E-state index contributed by atoms with van der Waals surface area (Å²) >= 11 is 2.26. The summed E-state index contributed by atoms with van der Waals surface area (Å²) in [5.74, 6) is 5.96. The molecular formula is C22H36OS. The van der Waals surface area contributed by atoms with Gasteiger partial charge in [0.25, 0.3) is 0 Å². The molecule has 0 bridgehead atoms. The predicted molar refractivity (Wildman–Crippen MR) is 102 cm³/mol. The van der Waals surface area contributed by atoms with Crippen LogP contribution in [0, 0.1) is 40.4 Å². The van der Waals surface area contributed by atoms with Crippen LogP contribution in [0.3, 0.4) is 0 Å². The molecule has 1 N–H and O–H groups in total. The zero-order valence-electron chi connectivity index (χ0n) is 16.1. The summed E-state index contributed by atoms with van der Waals surface area (Å²) in [6, 6.07) is 0. The zero-order chi connectivity index (χ0) is 17.0. The van der Waals surface area contributed by atoms with Crippen molar-refractivity contribution in [2.24, 2.45) is 40.4 Å². The van der Waals surface area contributed by atoms with Gasteiger partial charge in [0, 0.05) is 10.5 Å². The van der Waals surface area contributed by atoms with Crippen molar-refractivity contribution in [1.82, 2.24) is 0 Å². The first kappa shape index (κ1) is 16.5. The monoisotopic (exact) mass is 348 g/mol. The van der Waals surface area contributed by atoms with Crippen LogP contribution < -0.4 is 0 Å². The first-order valence-electron chi connectivity index (χ1n) is 10.6. The van der Waals surface area contributed by atoms with Crippen molar-refractivity contribution in [3.63, 3.8) is 0 Å². The van der Waals surface area contributed by atoms with Gasteiger partial charge in [0.2, 0.25) is 0 Å². The van der Waals surface area contributed by atoms with E-state index in [1.165, 1.54) is 50.7 Å². The van der Waals surface area contributed by atoms with E-state index in [0.717, 1.165) is 36.0 Å². The first-order chi connectivity index (χ1) is 11.2. The van der Waals surface area contributed by atoms with E-state index in [1.807, 2.05) is 0 Å². The van der Waals surface area contributed by atoms with Crippen molar-refractivity contribution in [3.8, 4) is 0 Å². The predicted octanol–water partition coefficient (Wildman–Crippen LogP) is 5.51. The highest BCUT2D eigenvalue weighted by molar-refractivity contribution is 8.07. The smallest absolute Gasteiger partial charge is 0.0675 e. The van der Waals surface area contributed by atoms with Crippen molar-refractivity contribution >= 4 is 11.8 Å². The minimum atomic E-state index is -0.422. The van der Waals surface area contributed by atoms with Gasteiger partial charge in [0.15, 0.2) is 0 Å². The summed E-state index contributed by atoms with van der Waals surface area (Å²) in [5, 5.41) is 11.1. The van der Waals surface area contributed by atoms with Gasteiger partial charge in [-0.15, -0.1) is 0 Å². The Morgan fingerprint density at radius 1 is 0.917 bits per heavy atom. The van der Waals surface area contributed by atoms with E-state index in [2.05, 4.69) is 39.5 Å². The molecule has 0 aromatic rings. The lowest BCUT2D eigenvalue weighted by Gasteiger charge is -2.62. The normalized spacial score (nSPS) is 65.1. The van der Waals surface area contributed by atoms with Crippen LogP contribution in [0.4, 0.5) is 0 Å². The lowest BCUT2D eigenvalue weighted by Crippen LogP contribution is -2.57. The molecule has 24 heavy (non-hydrogen) atoms. The topological polar surface area (TPSA) is 20.2 Å². The quantitative estimate of drug-likeness (QED) is 0.582. The highest BCUT2D eigenvalue weighted by Gasteiger charge is 2.66. The minimum absolute atomic E-state index is 0.186. The molecule has 1 aliphatic heterocycles. The third-order valence-electron chi connectivity index (χ3n) is 10.4. The van der Waals surface area contributed by atoms with Gasteiger partial charge in [-0.2, -0.15) is 11.8 Å². The first-order valence-corrected chi connectivity index (χ1v) is 11.6. The summed E-state index contributed by atoms with van der Waals surface area (Å²) in [6.07, 6.45) is 10.9. The van der Waals surface area contributed by atoms with Crippen LogP contribution in [0.25, 0.3) is 0 Å². The summed E-state index contributed by atoms with van der Waals surface area (Å²) in [5.41, 5.74) is 0.354. The van der Waals surface area contributed by atoms with Gasteiger partial charge in [-0.3, -0.25) is 0 Å². The zero-order valence-corrected chi connectivity index (χ0v) is 16.9. The van der Waals surface area contributed by atoms with Crippen LogP contribution in [0.5, 0.6) is 0 Å². The average Bonchev–Trinajstić information content (AvgIpc) is 3.23. The molecule has 4 aliphatic carbocycles. The fourth-order valence-corrected chi connectivity index (χ4v) is 9.67. The minimum Gasteiger partial charge on any atom is -0.390 e. The van der Waals surface area contributed by atoms with E-state index < -0.39 is 5.60 Å². The lowest BCUT2D eigenvalue weighted by atomic mass is 9.43. The van der Waals surface area contributed by atoms with Crippen LogP contribution in [0.2, 0.25) is 0 Å². The molecule has 1 heterocycles. The Balaban J connectivity index is 1.46. The molecule has 0 aromatic heterocycles. The summed E-state index contributed by atoms with van der Waals surface area (Å²) in [4.78, 5) is 0. The van der Waals surface area contributed by atoms with Crippen LogP contribution in [0.1, 0.15) is 79.1 Å². The summed E-state index contributed by atoms with van der Waals surface area (Å²) < 4.78 is 0.692. The second-order valence-corrected chi connectivity index (χ2v) is 12.5. The molecule has 1 saturated heterocycles. The van der Waals surface area contributed by atoms with Crippen LogP contribution in [0.15, 0.2) is 0 Å². The number of hydrogen-bond donors (Lipinski definition) is 1. The maximum Gasteiger partial charge on any atom is 0.0675 e. The molecule has 9 atom stereocenters. The largest absolute Gasteiger partial charge is 0.390 e. The molecule has 5 rings (SSSR count). The van der Waals surface area contributed by atoms with E-state index in [1.54, 1.807) is 0 Å². The highest BCUT2D eigenvalue weighted by Crippen LogP contribution is 2.72. The van der Waals surface area contributed by atoms with Gasteiger partial charge in [-0.1, -0.05) is 20.8 Å². The second-order valence-electron chi connectivity index (χ2n) is 11.1. The third kappa shape index (κ3) is 1.89. The Bertz CT molecular complexity index is 552. The van der Waals surface area contributed by atoms with E-state index >= 15 is 0 Å². The molecule has 0 aromatic carbocycles. The maximum atomic E-state index is 11.1. The molecule has 0 unspecified atom stereocenters. The Kier molecular flexibility index (Phi) is 3.28. The summed E-state index contributed by atoms with van der Waals surface area (Å²) in [7, 11) is 0. The molecule has 136 valence electrons. The second kappa shape index (κ2) is 4.77. The van der Waals surface area contributed by atoms with E-state index in [0.29, 0.717) is 10.2 Å². The van der Waals surface area contributed by atoms with Gasteiger partial charge in [-0.05, 0) is 98.7 Å². The highest BCUT2D eigenvalue weighted by atomic mass is 32.2. The molecule has 2 heteroatoms. The molecule has 0 radical (unpaired) electrons.